The Morgan fingerprint density at radius 2 is 1.41 bits per heavy atom. The van der Waals surface area contributed by atoms with Crippen LogP contribution in [-0.4, -0.2) is 32.8 Å². The SMILES string of the molecule is CCOC(=O)C(CCc1ccc(OC)cc1)N(Cc1ccccc1)c1ccc(OC)cc1. The predicted molar refractivity (Wildman–Crippen MR) is 127 cm³/mol. The fourth-order valence-electron chi connectivity index (χ4n) is 3.67. The Morgan fingerprint density at radius 3 is 1.97 bits per heavy atom. The summed E-state index contributed by atoms with van der Waals surface area (Å²) in [5.41, 5.74) is 3.22. The summed E-state index contributed by atoms with van der Waals surface area (Å²) in [5, 5.41) is 0. The summed E-state index contributed by atoms with van der Waals surface area (Å²) in [7, 11) is 3.30. The van der Waals surface area contributed by atoms with Gasteiger partial charge in [0.05, 0.1) is 20.8 Å². The second-order valence-corrected chi connectivity index (χ2v) is 7.47. The van der Waals surface area contributed by atoms with Crippen molar-refractivity contribution < 1.29 is 19.0 Å². The van der Waals surface area contributed by atoms with Gasteiger partial charge in [-0.2, -0.15) is 0 Å². The Balaban J connectivity index is 1.90. The van der Waals surface area contributed by atoms with Gasteiger partial charge in [-0.25, -0.2) is 4.79 Å². The van der Waals surface area contributed by atoms with Crippen molar-refractivity contribution in [2.75, 3.05) is 25.7 Å². The first kappa shape index (κ1) is 23.2. The monoisotopic (exact) mass is 433 g/mol. The molecule has 0 bridgehead atoms. The van der Waals surface area contributed by atoms with Crippen LogP contribution in [0.25, 0.3) is 0 Å². The van der Waals surface area contributed by atoms with E-state index >= 15 is 0 Å². The summed E-state index contributed by atoms with van der Waals surface area (Å²) in [6.45, 7) is 2.78. The van der Waals surface area contributed by atoms with Gasteiger partial charge in [-0.15, -0.1) is 0 Å². The normalized spacial score (nSPS) is 11.5. The van der Waals surface area contributed by atoms with Crippen molar-refractivity contribution in [2.24, 2.45) is 0 Å². The third kappa shape index (κ3) is 6.27. The standard InChI is InChI=1S/C27H31NO4/c1-4-32-27(29)26(19-12-21-10-15-24(30-2)16-11-21)28(20-22-8-6-5-7-9-22)23-13-17-25(31-3)18-14-23/h5-11,13-18,26H,4,12,19-20H2,1-3H3. The Labute approximate surface area is 190 Å². The van der Waals surface area contributed by atoms with Gasteiger partial charge in [0.1, 0.15) is 17.5 Å². The van der Waals surface area contributed by atoms with Crippen LogP contribution in [0, 0.1) is 0 Å². The molecule has 0 saturated carbocycles. The number of hydrogen-bond acceptors (Lipinski definition) is 5. The highest BCUT2D eigenvalue weighted by atomic mass is 16.5. The van der Waals surface area contributed by atoms with Crippen LogP contribution in [-0.2, 0) is 22.5 Å². The van der Waals surface area contributed by atoms with Crippen LogP contribution in [0.3, 0.4) is 0 Å². The fraction of sp³-hybridized carbons (Fsp3) is 0.296. The number of anilines is 1. The molecule has 0 heterocycles. The van der Waals surface area contributed by atoms with Gasteiger partial charge >= 0.3 is 5.97 Å². The average Bonchev–Trinajstić information content (AvgIpc) is 2.84. The van der Waals surface area contributed by atoms with E-state index in [1.54, 1.807) is 14.2 Å². The quantitative estimate of drug-likeness (QED) is 0.385. The fourth-order valence-corrected chi connectivity index (χ4v) is 3.67. The Bertz CT molecular complexity index is 955. The molecule has 0 aliphatic rings. The number of hydrogen-bond donors (Lipinski definition) is 0. The van der Waals surface area contributed by atoms with E-state index in [0.717, 1.165) is 34.7 Å². The second-order valence-electron chi connectivity index (χ2n) is 7.47. The molecule has 3 rings (SSSR count). The topological polar surface area (TPSA) is 48.0 Å². The van der Waals surface area contributed by atoms with Crippen molar-refractivity contribution in [3.8, 4) is 11.5 Å². The molecule has 1 unspecified atom stereocenters. The van der Waals surface area contributed by atoms with Crippen LogP contribution in [0.1, 0.15) is 24.5 Å². The molecule has 0 aliphatic carbocycles. The van der Waals surface area contributed by atoms with E-state index in [0.29, 0.717) is 19.6 Å². The number of benzene rings is 3. The number of methoxy groups -OCH3 is 2. The number of nitrogens with zero attached hydrogens (tertiary/aromatic N) is 1. The van der Waals surface area contributed by atoms with E-state index in [9.17, 15) is 4.79 Å². The largest absolute Gasteiger partial charge is 0.497 e. The second kappa shape index (κ2) is 11.8. The summed E-state index contributed by atoms with van der Waals surface area (Å²) in [5.74, 6) is 1.38. The lowest BCUT2D eigenvalue weighted by molar-refractivity contribution is -0.145. The van der Waals surface area contributed by atoms with Crippen LogP contribution >= 0.6 is 0 Å². The molecular formula is C27H31NO4. The third-order valence-electron chi connectivity index (χ3n) is 5.40. The minimum atomic E-state index is -0.425. The summed E-state index contributed by atoms with van der Waals surface area (Å²) >= 11 is 0. The van der Waals surface area contributed by atoms with E-state index in [-0.39, 0.29) is 5.97 Å². The van der Waals surface area contributed by atoms with E-state index in [2.05, 4.69) is 17.0 Å². The van der Waals surface area contributed by atoms with Crippen LogP contribution in [0.5, 0.6) is 11.5 Å². The smallest absolute Gasteiger partial charge is 0.328 e. The molecule has 168 valence electrons. The average molecular weight is 434 g/mol. The molecule has 0 radical (unpaired) electrons. The number of aryl methyl sites for hydroxylation is 1. The van der Waals surface area contributed by atoms with Crippen molar-refractivity contribution in [2.45, 2.75) is 32.4 Å². The molecule has 0 aliphatic heterocycles. The highest BCUT2D eigenvalue weighted by Crippen LogP contribution is 2.26. The van der Waals surface area contributed by atoms with Gasteiger partial charge in [-0.05, 0) is 67.3 Å². The lowest BCUT2D eigenvalue weighted by atomic mass is 10.0. The first-order valence-corrected chi connectivity index (χ1v) is 10.9. The zero-order valence-corrected chi connectivity index (χ0v) is 19.0. The minimum Gasteiger partial charge on any atom is -0.497 e. The molecular weight excluding hydrogens is 402 g/mol. The van der Waals surface area contributed by atoms with Crippen molar-refractivity contribution >= 4 is 11.7 Å². The van der Waals surface area contributed by atoms with Gasteiger partial charge in [-0.3, -0.25) is 0 Å². The predicted octanol–water partition coefficient (Wildman–Crippen LogP) is 5.27. The molecule has 3 aromatic rings. The molecule has 1 atom stereocenters. The van der Waals surface area contributed by atoms with Crippen LogP contribution < -0.4 is 14.4 Å². The molecule has 3 aromatic carbocycles. The third-order valence-corrected chi connectivity index (χ3v) is 5.40. The van der Waals surface area contributed by atoms with Crippen LogP contribution in [0.4, 0.5) is 5.69 Å². The van der Waals surface area contributed by atoms with Crippen molar-refractivity contribution in [3.05, 3.63) is 90.0 Å². The lowest BCUT2D eigenvalue weighted by Gasteiger charge is -2.32. The molecule has 0 aromatic heterocycles. The Kier molecular flexibility index (Phi) is 8.55. The maximum atomic E-state index is 13.1. The molecule has 32 heavy (non-hydrogen) atoms. The van der Waals surface area contributed by atoms with Crippen LogP contribution in [0.2, 0.25) is 0 Å². The molecule has 0 fully saturated rings. The van der Waals surface area contributed by atoms with Gasteiger partial charge in [0.15, 0.2) is 0 Å². The molecule has 0 spiro atoms. The van der Waals surface area contributed by atoms with E-state index in [1.807, 2.05) is 73.7 Å². The Hall–Kier alpha value is -3.47. The molecule has 5 nitrogen and oxygen atoms in total. The van der Waals surface area contributed by atoms with Crippen LogP contribution in [0.15, 0.2) is 78.9 Å². The van der Waals surface area contributed by atoms with Crippen molar-refractivity contribution in [3.63, 3.8) is 0 Å². The van der Waals surface area contributed by atoms with Gasteiger partial charge in [-0.1, -0.05) is 42.5 Å². The van der Waals surface area contributed by atoms with Gasteiger partial charge in [0.25, 0.3) is 0 Å². The lowest BCUT2D eigenvalue weighted by Crippen LogP contribution is -2.42. The zero-order valence-electron chi connectivity index (χ0n) is 19.0. The molecule has 0 saturated heterocycles. The number of rotatable bonds is 11. The maximum absolute atomic E-state index is 13.1. The summed E-state index contributed by atoms with van der Waals surface area (Å²) < 4.78 is 16.1. The number of carbonyl (C=O) groups excluding carboxylic acids is 1. The summed E-state index contributed by atoms with van der Waals surface area (Å²) in [6, 6.07) is 25.5. The summed E-state index contributed by atoms with van der Waals surface area (Å²) in [4.78, 5) is 15.2. The maximum Gasteiger partial charge on any atom is 0.328 e. The first-order chi connectivity index (χ1) is 15.6. The van der Waals surface area contributed by atoms with Gasteiger partial charge in [0, 0.05) is 12.2 Å². The number of ether oxygens (including phenoxy) is 3. The zero-order chi connectivity index (χ0) is 22.8. The van der Waals surface area contributed by atoms with E-state index < -0.39 is 6.04 Å². The van der Waals surface area contributed by atoms with Gasteiger partial charge in [0.2, 0.25) is 0 Å². The van der Waals surface area contributed by atoms with Crippen molar-refractivity contribution in [1.29, 1.82) is 0 Å². The van der Waals surface area contributed by atoms with E-state index in [4.69, 9.17) is 14.2 Å². The summed E-state index contributed by atoms with van der Waals surface area (Å²) in [6.07, 6.45) is 1.37. The van der Waals surface area contributed by atoms with Gasteiger partial charge < -0.3 is 19.1 Å². The van der Waals surface area contributed by atoms with E-state index in [1.165, 1.54) is 0 Å². The molecule has 0 amide bonds. The first-order valence-electron chi connectivity index (χ1n) is 10.9. The Morgan fingerprint density at radius 1 is 0.812 bits per heavy atom. The highest BCUT2D eigenvalue weighted by Gasteiger charge is 2.28. The minimum absolute atomic E-state index is 0.215. The van der Waals surface area contributed by atoms with Crippen molar-refractivity contribution in [1.82, 2.24) is 0 Å². The molecule has 0 N–H and O–H groups in total. The molecule has 5 heteroatoms. The number of carbonyl (C=O) groups is 1. The highest BCUT2D eigenvalue weighted by molar-refractivity contribution is 5.80. The number of esters is 1.